The lowest BCUT2D eigenvalue weighted by molar-refractivity contribution is -0.118. The molecule has 0 aliphatic rings. The van der Waals surface area contributed by atoms with Crippen LogP contribution in [0.15, 0.2) is 54.6 Å². The highest BCUT2D eigenvalue weighted by molar-refractivity contribution is 6.01. The highest BCUT2D eigenvalue weighted by atomic mass is 16.2. The molecule has 4 heteroatoms. The van der Waals surface area contributed by atoms with E-state index in [2.05, 4.69) is 10.6 Å². The predicted octanol–water partition coefficient (Wildman–Crippen LogP) is 4.56. The summed E-state index contributed by atoms with van der Waals surface area (Å²) in [5.41, 5.74) is 2.25. The molecule has 0 saturated carbocycles. The quantitative estimate of drug-likeness (QED) is 0.784. The lowest BCUT2D eigenvalue weighted by Gasteiger charge is -2.17. The summed E-state index contributed by atoms with van der Waals surface area (Å²) in [6, 6.07) is 17.0. The molecular weight excluding hydrogens is 300 g/mol. The van der Waals surface area contributed by atoms with Crippen LogP contribution >= 0.6 is 0 Å². The smallest absolute Gasteiger partial charge is 0.231 e. The summed E-state index contributed by atoms with van der Waals surface area (Å²) in [6.45, 7) is 3.95. The summed E-state index contributed by atoms with van der Waals surface area (Å²) in [5.74, 6) is -0.333. The van der Waals surface area contributed by atoms with Gasteiger partial charge in [-0.1, -0.05) is 56.3 Å². The molecule has 0 fully saturated rings. The van der Waals surface area contributed by atoms with E-state index >= 15 is 0 Å². The molecule has 2 amide bonds. The molecule has 2 rings (SSSR count). The highest BCUT2D eigenvalue weighted by Crippen LogP contribution is 2.25. The van der Waals surface area contributed by atoms with Crippen molar-refractivity contribution in [3.05, 3.63) is 60.2 Å². The maximum Gasteiger partial charge on any atom is 0.231 e. The zero-order valence-electron chi connectivity index (χ0n) is 14.2. The number of carbonyl (C=O) groups excluding carboxylic acids is 2. The molecule has 0 aliphatic carbocycles. The first kappa shape index (κ1) is 17.7. The van der Waals surface area contributed by atoms with Gasteiger partial charge in [-0.15, -0.1) is 0 Å². The summed E-state index contributed by atoms with van der Waals surface area (Å²) in [5, 5.41) is 5.81. The average molecular weight is 324 g/mol. The van der Waals surface area contributed by atoms with E-state index in [-0.39, 0.29) is 17.7 Å². The van der Waals surface area contributed by atoms with Gasteiger partial charge >= 0.3 is 0 Å². The van der Waals surface area contributed by atoms with Crippen LogP contribution < -0.4 is 10.6 Å². The molecule has 0 bridgehead atoms. The van der Waals surface area contributed by atoms with Crippen LogP contribution in [0.2, 0.25) is 0 Å². The number of benzene rings is 2. The summed E-state index contributed by atoms with van der Waals surface area (Å²) < 4.78 is 0. The number of para-hydroxylation sites is 2. The van der Waals surface area contributed by atoms with Crippen LogP contribution in [0.4, 0.5) is 11.4 Å². The van der Waals surface area contributed by atoms with Crippen LogP contribution in [-0.4, -0.2) is 11.8 Å². The fourth-order valence-electron chi connectivity index (χ4n) is 2.62. The molecule has 0 heterocycles. The molecule has 0 radical (unpaired) electrons. The molecule has 1 atom stereocenters. The van der Waals surface area contributed by atoms with E-state index in [9.17, 15) is 9.59 Å². The van der Waals surface area contributed by atoms with Gasteiger partial charge in [-0.2, -0.15) is 0 Å². The van der Waals surface area contributed by atoms with E-state index in [1.54, 1.807) is 12.1 Å². The Hall–Kier alpha value is -2.62. The Labute approximate surface area is 143 Å². The first-order valence-corrected chi connectivity index (χ1v) is 8.40. The Morgan fingerprint density at radius 3 is 2.04 bits per heavy atom. The molecule has 2 N–H and O–H groups in total. The summed E-state index contributed by atoms with van der Waals surface area (Å²) >= 11 is 0. The topological polar surface area (TPSA) is 58.2 Å². The third-order valence-electron chi connectivity index (χ3n) is 3.86. The van der Waals surface area contributed by atoms with Crippen molar-refractivity contribution >= 4 is 23.2 Å². The third-order valence-corrected chi connectivity index (χ3v) is 3.86. The molecule has 0 aromatic heterocycles. The van der Waals surface area contributed by atoms with E-state index in [4.69, 9.17) is 0 Å². The maximum absolute atomic E-state index is 12.7. The van der Waals surface area contributed by atoms with Crippen LogP contribution in [0.3, 0.4) is 0 Å². The number of rotatable bonds is 7. The highest BCUT2D eigenvalue weighted by Gasteiger charge is 2.19. The summed E-state index contributed by atoms with van der Waals surface area (Å²) in [6.07, 6.45) is 1.95. The third kappa shape index (κ3) is 4.69. The van der Waals surface area contributed by atoms with Gasteiger partial charge in [-0.3, -0.25) is 9.59 Å². The molecule has 4 nitrogen and oxygen atoms in total. The van der Waals surface area contributed by atoms with Gasteiger partial charge in [0.15, 0.2) is 0 Å². The summed E-state index contributed by atoms with van der Waals surface area (Å²) in [4.78, 5) is 24.5. The van der Waals surface area contributed by atoms with E-state index in [0.29, 0.717) is 24.2 Å². The van der Waals surface area contributed by atoms with Crippen LogP contribution in [0, 0.1) is 0 Å². The Balaban J connectivity index is 2.15. The monoisotopic (exact) mass is 324 g/mol. The van der Waals surface area contributed by atoms with Crippen molar-refractivity contribution in [1.82, 2.24) is 0 Å². The van der Waals surface area contributed by atoms with Crippen molar-refractivity contribution in [3.63, 3.8) is 0 Å². The number of hydrogen-bond acceptors (Lipinski definition) is 2. The standard InChI is InChI=1S/C20H24N2O2/c1-3-10-19(23)21-17-13-8-9-14-18(17)22-20(24)16(4-2)15-11-6-5-7-12-15/h5-9,11-14,16H,3-4,10H2,1-2H3,(H,21,23)(H,22,24). The van der Waals surface area contributed by atoms with E-state index in [1.807, 2.05) is 56.3 Å². The van der Waals surface area contributed by atoms with Crippen molar-refractivity contribution in [1.29, 1.82) is 0 Å². The van der Waals surface area contributed by atoms with E-state index in [1.165, 1.54) is 0 Å². The van der Waals surface area contributed by atoms with Gasteiger partial charge in [-0.05, 0) is 30.5 Å². The van der Waals surface area contributed by atoms with Crippen LogP contribution in [-0.2, 0) is 9.59 Å². The minimum atomic E-state index is -0.217. The number of nitrogens with one attached hydrogen (secondary N) is 2. The van der Waals surface area contributed by atoms with E-state index < -0.39 is 0 Å². The van der Waals surface area contributed by atoms with Crippen LogP contribution in [0.5, 0.6) is 0 Å². The van der Waals surface area contributed by atoms with Gasteiger partial charge in [-0.25, -0.2) is 0 Å². The molecule has 2 aromatic carbocycles. The Morgan fingerprint density at radius 2 is 1.46 bits per heavy atom. The van der Waals surface area contributed by atoms with Crippen molar-refractivity contribution in [2.24, 2.45) is 0 Å². The van der Waals surface area contributed by atoms with Crippen LogP contribution in [0.25, 0.3) is 0 Å². The molecule has 0 aliphatic heterocycles. The second-order valence-electron chi connectivity index (χ2n) is 5.70. The van der Waals surface area contributed by atoms with E-state index in [0.717, 1.165) is 12.0 Å². The second-order valence-corrected chi connectivity index (χ2v) is 5.70. The van der Waals surface area contributed by atoms with Gasteiger partial charge < -0.3 is 10.6 Å². The number of hydrogen-bond donors (Lipinski definition) is 2. The van der Waals surface area contributed by atoms with Crippen LogP contribution in [0.1, 0.15) is 44.6 Å². The molecule has 2 aromatic rings. The second kappa shape index (κ2) is 8.87. The average Bonchev–Trinajstić information content (AvgIpc) is 2.58. The maximum atomic E-state index is 12.7. The van der Waals surface area contributed by atoms with Crippen molar-refractivity contribution < 1.29 is 9.59 Å². The van der Waals surface area contributed by atoms with Crippen molar-refractivity contribution in [3.8, 4) is 0 Å². The fourth-order valence-corrected chi connectivity index (χ4v) is 2.62. The van der Waals surface area contributed by atoms with Gasteiger partial charge in [0.25, 0.3) is 0 Å². The molecule has 126 valence electrons. The molecular formula is C20H24N2O2. The fraction of sp³-hybridized carbons (Fsp3) is 0.300. The Bertz CT molecular complexity index is 683. The predicted molar refractivity (Wildman–Crippen MR) is 98.1 cm³/mol. The SMILES string of the molecule is CCCC(=O)Nc1ccccc1NC(=O)C(CC)c1ccccc1. The Kier molecular flexibility index (Phi) is 6.55. The normalized spacial score (nSPS) is 11.6. The molecule has 1 unspecified atom stereocenters. The largest absolute Gasteiger partial charge is 0.324 e. The Morgan fingerprint density at radius 1 is 0.875 bits per heavy atom. The van der Waals surface area contributed by atoms with Crippen molar-refractivity contribution in [2.75, 3.05) is 10.6 Å². The lowest BCUT2D eigenvalue weighted by atomic mass is 9.95. The first-order valence-electron chi connectivity index (χ1n) is 8.40. The van der Waals surface area contributed by atoms with Gasteiger partial charge in [0, 0.05) is 6.42 Å². The lowest BCUT2D eigenvalue weighted by Crippen LogP contribution is -2.22. The number of carbonyl (C=O) groups is 2. The minimum Gasteiger partial charge on any atom is -0.324 e. The number of amides is 2. The zero-order valence-corrected chi connectivity index (χ0v) is 14.2. The van der Waals surface area contributed by atoms with Crippen molar-refractivity contribution in [2.45, 2.75) is 39.0 Å². The number of anilines is 2. The summed E-state index contributed by atoms with van der Waals surface area (Å²) in [7, 11) is 0. The van der Waals surface area contributed by atoms with Gasteiger partial charge in [0.2, 0.25) is 11.8 Å². The molecule has 0 saturated heterocycles. The zero-order chi connectivity index (χ0) is 17.4. The van der Waals surface area contributed by atoms with Gasteiger partial charge in [0.1, 0.15) is 0 Å². The van der Waals surface area contributed by atoms with Gasteiger partial charge in [0.05, 0.1) is 17.3 Å². The first-order chi connectivity index (χ1) is 11.7. The molecule has 0 spiro atoms. The molecule has 24 heavy (non-hydrogen) atoms. The minimum absolute atomic E-state index is 0.0469.